The zero-order valence-electron chi connectivity index (χ0n) is 38.0. The van der Waals surface area contributed by atoms with Crippen LogP contribution in [0.1, 0.15) is 80.8 Å². The van der Waals surface area contributed by atoms with E-state index in [1.165, 1.54) is 32.1 Å². The van der Waals surface area contributed by atoms with Gasteiger partial charge in [-0.2, -0.15) is 0 Å². The van der Waals surface area contributed by atoms with E-state index >= 15 is 0 Å². The van der Waals surface area contributed by atoms with E-state index in [-0.39, 0.29) is 31.9 Å². The van der Waals surface area contributed by atoms with E-state index in [0.29, 0.717) is 17.5 Å². The van der Waals surface area contributed by atoms with Gasteiger partial charge in [0.2, 0.25) is 0 Å². The molecule has 58 heavy (non-hydrogen) atoms. The number of nitrogens with zero attached hydrogens (tertiary/aromatic N) is 2. The fraction of sp³-hybridized carbons (Fsp3) is 0.358. The standard InChI is InChI=1S/C32H28NO.C21H28NSi.Ir/c1-2-5-23(6-3-1)25-13-14-27-28-7-4-8-29(32(28)34-31(27)20-25)30-19-22(15-16-33-30)18-26-17-21-9-11-24(26)12-10-21;1-23(2,3)21-16-22-20(18-12-8-5-9-13-18)15-19(21)14-17-10-6-4-7-11-17;/h1-7,13-16,19-21,24,26H,9-12,17-18H2;5,8-9,12,15-17H,4,6-7,10-11,14H2,1-3H3;/q2*-1;/i18D2;14D2;. The fourth-order valence-electron chi connectivity index (χ4n) is 9.51. The van der Waals surface area contributed by atoms with Gasteiger partial charge in [-0.05, 0) is 95.5 Å². The van der Waals surface area contributed by atoms with Gasteiger partial charge in [-0.25, -0.2) is 0 Å². The predicted molar refractivity (Wildman–Crippen MR) is 240 cm³/mol. The van der Waals surface area contributed by atoms with E-state index in [0.717, 1.165) is 98.3 Å². The van der Waals surface area contributed by atoms with Crippen LogP contribution in [0.2, 0.25) is 19.6 Å². The minimum absolute atomic E-state index is 0. The maximum atomic E-state index is 9.14. The molecule has 0 amide bonds. The Bertz CT molecular complexity index is 2630. The molecule has 1 unspecified atom stereocenters. The molecule has 4 aliphatic carbocycles. The topological polar surface area (TPSA) is 38.9 Å². The van der Waals surface area contributed by atoms with Crippen molar-refractivity contribution in [2.45, 2.75) is 96.6 Å². The van der Waals surface area contributed by atoms with Crippen molar-refractivity contribution in [3.63, 3.8) is 0 Å². The molecular formula is C53H56IrN2OSi-2. The largest absolute Gasteiger partial charge is 0.501 e. The first-order valence-corrected chi connectivity index (χ1v) is 24.8. The van der Waals surface area contributed by atoms with E-state index in [4.69, 9.17) is 9.90 Å². The summed E-state index contributed by atoms with van der Waals surface area (Å²) in [7, 11) is -1.69. The van der Waals surface area contributed by atoms with Crippen molar-refractivity contribution in [1.29, 1.82) is 0 Å². The molecule has 1 atom stereocenters. The van der Waals surface area contributed by atoms with Gasteiger partial charge < -0.3 is 14.4 Å². The maximum Gasteiger partial charge on any atom is 0.121 e. The van der Waals surface area contributed by atoms with Crippen LogP contribution in [0, 0.1) is 35.8 Å². The monoisotopic (exact) mass is 961 g/mol. The van der Waals surface area contributed by atoms with Gasteiger partial charge in [0.15, 0.2) is 0 Å². The normalized spacial score (nSPS) is 20.9. The van der Waals surface area contributed by atoms with Crippen LogP contribution >= 0.6 is 0 Å². The molecule has 1 radical (unpaired) electrons. The first-order valence-electron chi connectivity index (χ1n) is 23.3. The van der Waals surface area contributed by atoms with E-state index < -0.39 is 20.8 Å². The molecule has 3 heterocycles. The van der Waals surface area contributed by atoms with Gasteiger partial charge in [-0.15, -0.1) is 54.1 Å². The van der Waals surface area contributed by atoms with E-state index in [2.05, 4.69) is 72.1 Å². The number of aromatic nitrogens is 2. The van der Waals surface area contributed by atoms with Crippen molar-refractivity contribution in [1.82, 2.24) is 9.97 Å². The minimum atomic E-state index is -1.69. The Labute approximate surface area is 366 Å². The van der Waals surface area contributed by atoms with Crippen molar-refractivity contribution >= 4 is 35.2 Å². The van der Waals surface area contributed by atoms with Crippen LogP contribution in [0.3, 0.4) is 0 Å². The summed E-state index contributed by atoms with van der Waals surface area (Å²) in [5.74, 6) is 1.38. The first kappa shape index (κ1) is 35.8. The third-order valence-electron chi connectivity index (χ3n) is 12.6. The Kier molecular flexibility index (Phi) is 11.1. The number of pyridine rings is 2. The molecule has 299 valence electrons. The van der Waals surface area contributed by atoms with Crippen molar-refractivity contribution in [3.05, 3.63) is 139 Å². The molecule has 0 saturated heterocycles. The van der Waals surface area contributed by atoms with Crippen molar-refractivity contribution < 1.29 is 30.0 Å². The molecule has 2 bridgehead atoms. The molecule has 0 spiro atoms. The molecule has 0 aliphatic heterocycles. The summed E-state index contributed by atoms with van der Waals surface area (Å²) in [4.78, 5) is 9.32. The minimum Gasteiger partial charge on any atom is -0.501 e. The van der Waals surface area contributed by atoms with Gasteiger partial charge in [-0.3, -0.25) is 0 Å². The van der Waals surface area contributed by atoms with Crippen LogP contribution in [0.15, 0.2) is 120 Å². The summed E-state index contributed by atoms with van der Waals surface area (Å²) in [6.07, 6.45) is 12.4. The summed E-state index contributed by atoms with van der Waals surface area (Å²) in [5, 5.41) is 3.24. The van der Waals surface area contributed by atoms with Gasteiger partial charge in [0.05, 0.1) is 13.7 Å². The van der Waals surface area contributed by atoms with Gasteiger partial charge >= 0.3 is 0 Å². The second-order valence-corrected chi connectivity index (χ2v) is 22.6. The fourth-order valence-corrected chi connectivity index (χ4v) is 10.9. The average Bonchev–Trinajstić information content (AvgIpc) is 3.68. The molecule has 0 N–H and O–H groups in total. The van der Waals surface area contributed by atoms with Gasteiger partial charge in [0.1, 0.15) is 5.58 Å². The Hall–Kier alpha value is -4.15. The van der Waals surface area contributed by atoms with Crippen LogP contribution in [0.5, 0.6) is 0 Å². The number of furan rings is 1. The molecule has 4 fully saturated rings. The predicted octanol–water partition coefficient (Wildman–Crippen LogP) is 13.7. The summed E-state index contributed by atoms with van der Waals surface area (Å²) in [6.45, 7) is 6.83. The molecule has 7 aromatic rings. The number of hydrogen-bond acceptors (Lipinski definition) is 3. The van der Waals surface area contributed by atoms with Gasteiger partial charge in [0.25, 0.3) is 0 Å². The Morgan fingerprint density at radius 1 is 0.724 bits per heavy atom. The third-order valence-corrected chi connectivity index (χ3v) is 14.6. The molecule has 4 aliphatic rings. The summed E-state index contributed by atoms with van der Waals surface area (Å²) in [5.41, 5.74) is 8.71. The van der Waals surface area contributed by atoms with Crippen LogP contribution < -0.4 is 5.19 Å². The number of fused-ring (bicyclic) bond motifs is 6. The Morgan fingerprint density at radius 2 is 1.53 bits per heavy atom. The van der Waals surface area contributed by atoms with Gasteiger partial charge in [-0.1, -0.05) is 141 Å². The molecule has 4 aromatic carbocycles. The van der Waals surface area contributed by atoms with Crippen molar-refractivity contribution in [3.8, 4) is 33.6 Å². The molecule has 11 rings (SSSR count). The SMILES string of the molecule is [2H]C([2H])(c1cc(-c2[c-]cccc2)ncc1[Si](C)(C)C)C1CCCCC1.[2H]C([2H])(c1ccnc(-c2[c-]ccc3c2oc2cc(-c4ccccc4)ccc23)c1)C1CC2CCC1CC2.[Ir]. The summed E-state index contributed by atoms with van der Waals surface area (Å²) < 4.78 is 42.7. The number of rotatable bonds is 8. The van der Waals surface area contributed by atoms with Crippen molar-refractivity contribution in [2.24, 2.45) is 23.7 Å². The van der Waals surface area contributed by atoms with E-state index in [1.54, 1.807) is 6.20 Å². The second kappa shape index (κ2) is 18.0. The first-order chi connectivity index (χ1) is 29.4. The molecule has 5 heteroatoms. The van der Waals surface area contributed by atoms with Crippen molar-refractivity contribution in [2.75, 3.05) is 0 Å². The maximum absolute atomic E-state index is 9.14. The zero-order valence-corrected chi connectivity index (χ0v) is 37.4. The van der Waals surface area contributed by atoms with Gasteiger partial charge in [0, 0.05) is 43.4 Å². The van der Waals surface area contributed by atoms with E-state index in [9.17, 15) is 0 Å². The van der Waals surface area contributed by atoms with Crippen LogP contribution in [-0.4, -0.2) is 18.0 Å². The molecule has 3 aromatic heterocycles. The van der Waals surface area contributed by atoms with Crippen LogP contribution in [0.25, 0.3) is 55.6 Å². The summed E-state index contributed by atoms with van der Waals surface area (Å²) >= 11 is 0. The zero-order chi connectivity index (χ0) is 42.4. The van der Waals surface area contributed by atoms with Crippen LogP contribution in [0.4, 0.5) is 0 Å². The molecule has 3 nitrogen and oxygen atoms in total. The van der Waals surface area contributed by atoms with E-state index in [1.807, 2.05) is 79.0 Å². The quantitative estimate of drug-likeness (QED) is 0.113. The smallest absolute Gasteiger partial charge is 0.121 e. The molecular weight excluding hydrogens is 901 g/mol. The Balaban J connectivity index is 0.000000180. The third kappa shape index (κ3) is 9.03. The van der Waals surface area contributed by atoms with Crippen LogP contribution in [-0.2, 0) is 32.9 Å². The Morgan fingerprint density at radius 3 is 2.28 bits per heavy atom. The summed E-state index contributed by atoms with van der Waals surface area (Å²) in [6, 6.07) is 40.8. The average molecular weight is 961 g/mol. The second-order valence-electron chi connectivity index (χ2n) is 17.6. The molecule has 4 saturated carbocycles. The number of hydrogen-bond donors (Lipinski definition) is 0. The number of benzene rings is 4.